The van der Waals surface area contributed by atoms with Gasteiger partial charge in [-0.3, -0.25) is 14.8 Å². The average molecular weight is 523 g/mol. The molecule has 0 N–H and O–H groups in total. The van der Waals surface area contributed by atoms with Gasteiger partial charge in [-0.15, -0.1) is 0 Å². The van der Waals surface area contributed by atoms with Crippen LogP contribution < -0.4 is 4.90 Å². The summed E-state index contributed by atoms with van der Waals surface area (Å²) in [6.45, 7) is 2.42. The van der Waals surface area contributed by atoms with Crippen LogP contribution in [0.25, 0.3) is 0 Å². The first-order valence-corrected chi connectivity index (χ1v) is 10.6. The van der Waals surface area contributed by atoms with Crippen molar-refractivity contribution in [2.45, 2.75) is 42.7 Å². The molecule has 1 fully saturated rings. The van der Waals surface area contributed by atoms with Crippen LogP contribution in [0.2, 0.25) is 0 Å². The van der Waals surface area contributed by atoms with E-state index in [1.54, 1.807) is 6.92 Å². The highest BCUT2D eigenvalue weighted by Gasteiger charge is 2.57. The Kier molecular flexibility index (Phi) is 6.86. The molecule has 0 radical (unpaired) electrons. The zero-order valence-corrected chi connectivity index (χ0v) is 19.0. The number of amides is 2. The van der Waals surface area contributed by atoms with Gasteiger partial charge in [-0.2, -0.15) is 26.3 Å². The summed E-state index contributed by atoms with van der Waals surface area (Å²) in [5.74, 6) is -2.56. The number of alkyl halides is 6. The van der Waals surface area contributed by atoms with Crippen LogP contribution in [0, 0.1) is 6.92 Å². The second-order valence-electron chi connectivity index (χ2n) is 7.22. The number of hydrogen-bond donors (Lipinski definition) is 0. The maximum absolute atomic E-state index is 13.3. The van der Waals surface area contributed by atoms with Gasteiger partial charge in [0.25, 0.3) is 0 Å². The molecule has 2 heterocycles. The molecular formula is C20H15F6N3O3S2. The van der Waals surface area contributed by atoms with Crippen molar-refractivity contribution in [3.8, 4) is 0 Å². The van der Waals surface area contributed by atoms with Crippen LogP contribution >= 0.6 is 24.0 Å². The fraction of sp³-hybridized carbons (Fsp3) is 0.300. The number of aromatic nitrogens is 1. The summed E-state index contributed by atoms with van der Waals surface area (Å²) in [5, 5.41) is 0. The summed E-state index contributed by atoms with van der Waals surface area (Å²) in [4.78, 5) is 29.9. The Labute approximate surface area is 198 Å². The molecule has 2 aromatic rings. The zero-order chi connectivity index (χ0) is 25.5. The molecule has 3 rings (SSSR count). The third kappa shape index (κ3) is 5.27. The van der Waals surface area contributed by atoms with E-state index in [0.29, 0.717) is 11.1 Å². The maximum Gasteiger partial charge on any atom is 0.491 e. The van der Waals surface area contributed by atoms with Gasteiger partial charge in [-0.25, -0.2) is 9.59 Å². The Morgan fingerprint density at radius 2 is 1.76 bits per heavy atom. The molecule has 0 saturated carbocycles. The Morgan fingerprint density at radius 1 is 1.15 bits per heavy atom. The van der Waals surface area contributed by atoms with Crippen LogP contribution in [-0.4, -0.2) is 44.3 Å². The number of carbonyl (C=O) groups is 2. The quantitative estimate of drug-likeness (QED) is 0.220. The van der Waals surface area contributed by atoms with E-state index in [9.17, 15) is 35.9 Å². The molecule has 0 bridgehead atoms. The van der Waals surface area contributed by atoms with E-state index in [0.717, 1.165) is 41.0 Å². The fourth-order valence-electron chi connectivity index (χ4n) is 3.14. The Hall–Kier alpha value is -2.87. The summed E-state index contributed by atoms with van der Waals surface area (Å²) in [5.41, 5.74) is -5.75. The van der Waals surface area contributed by atoms with Crippen molar-refractivity contribution in [2.24, 2.45) is 0 Å². The fourth-order valence-corrected chi connectivity index (χ4v) is 4.02. The van der Waals surface area contributed by atoms with Gasteiger partial charge in [-0.05, 0) is 60.1 Å². The second kappa shape index (κ2) is 9.06. The molecular weight excluding hydrogens is 508 g/mol. The molecule has 2 amide bonds. The van der Waals surface area contributed by atoms with Crippen LogP contribution in [0.15, 0.2) is 47.6 Å². The molecule has 14 heteroatoms. The molecule has 1 saturated heterocycles. The van der Waals surface area contributed by atoms with E-state index in [1.165, 1.54) is 18.5 Å². The number of urea groups is 1. The third-order valence-electron chi connectivity index (χ3n) is 4.85. The largest absolute Gasteiger partial charge is 0.491 e. The van der Waals surface area contributed by atoms with E-state index in [2.05, 4.69) is 4.98 Å². The zero-order valence-electron chi connectivity index (χ0n) is 17.4. The van der Waals surface area contributed by atoms with Crippen LogP contribution in [-0.2, 0) is 16.1 Å². The predicted octanol–water partition coefficient (Wildman–Crippen LogP) is 5.59. The minimum Gasteiger partial charge on any atom is -0.425 e. The molecule has 34 heavy (non-hydrogen) atoms. The third-order valence-corrected chi connectivity index (χ3v) is 6.15. The lowest BCUT2D eigenvalue weighted by molar-refractivity contribution is -0.215. The van der Waals surface area contributed by atoms with E-state index in [1.807, 2.05) is 0 Å². The smallest absolute Gasteiger partial charge is 0.425 e. The normalized spacial score (nSPS) is 19.1. The number of ether oxygens (including phenoxy) is 1. The number of thioether (sulfide) groups is 1. The molecule has 6 nitrogen and oxygen atoms in total. The molecule has 0 unspecified atom stereocenters. The number of carbonyl (C=O) groups excluding carboxylic acids is 2. The Balaban J connectivity index is 2.01. The number of hydrogen-bond acceptors (Lipinski definition) is 6. The van der Waals surface area contributed by atoms with Crippen molar-refractivity contribution in [1.82, 2.24) is 9.88 Å². The summed E-state index contributed by atoms with van der Waals surface area (Å²) in [6.07, 6.45) is -2.47. The molecule has 0 aliphatic carbocycles. The first-order chi connectivity index (χ1) is 15.6. The number of rotatable bonds is 5. The Morgan fingerprint density at radius 3 is 2.29 bits per heavy atom. The number of anilines is 1. The van der Waals surface area contributed by atoms with Crippen molar-refractivity contribution >= 4 is 46.7 Å². The lowest BCUT2D eigenvalue weighted by Gasteiger charge is -2.33. The van der Waals surface area contributed by atoms with Gasteiger partial charge in [0, 0.05) is 24.2 Å². The first kappa shape index (κ1) is 25.7. The van der Waals surface area contributed by atoms with Crippen LogP contribution in [0.5, 0.6) is 0 Å². The van der Waals surface area contributed by atoms with E-state index >= 15 is 0 Å². The predicted molar refractivity (Wildman–Crippen MR) is 114 cm³/mol. The van der Waals surface area contributed by atoms with Gasteiger partial charge in [0.05, 0.1) is 12.2 Å². The minimum atomic E-state index is -5.36. The highest BCUT2D eigenvalue weighted by molar-refractivity contribution is 8.00. The molecule has 0 spiro atoms. The van der Waals surface area contributed by atoms with Gasteiger partial charge in [0.2, 0.25) is 5.72 Å². The molecule has 1 aliphatic rings. The lowest BCUT2D eigenvalue weighted by atomic mass is 10.1. The van der Waals surface area contributed by atoms with Gasteiger partial charge >= 0.3 is 23.7 Å². The van der Waals surface area contributed by atoms with Crippen LogP contribution in [0.3, 0.4) is 0 Å². The number of aryl methyl sites for hydroxylation is 1. The first-order valence-electron chi connectivity index (χ1n) is 9.35. The van der Waals surface area contributed by atoms with Gasteiger partial charge in [0.1, 0.15) is 0 Å². The molecule has 1 aromatic heterocycles. The van der Waals surface area contributed by atoms with E-state index in [-0.39, 0.29) is 28.9 Å². The summed E-state index contributed by atoms with van der Waals surface area (Å²) in [7, 11) is 0. The number of nitrogens with zero attached hydrogens (tertiary/aromatic N) is 3. The van der Waals surface area contributed by atoms with Crippen molar-refractivity contribution < 1.29 is 40.7 Å². The minimum absolute atomic E-state index is 0.00948. The summed E-state index contributed by atoms with van der Waals surface area (Å²) < 4.78 is 81.4. The SMILES string of the molecule is Cc1cnccc1CN1C(=O)N(c2ccc(SC(F)(F)F)cc2)C(=S)[C@@]1(C)OC(=O)C(F)(F)F. The molecule has 1 aliphatic heterocycles. The standard InChI is InChI=1S/C20H15F6N3O3S2/c1-11-9-27-8-7-12(11)10-28-17(31)29(13-3-5-14(6-4-13)34-20(24,25)26)15(33)18(28,2)32-16(30)19(21,22)23/h3-9H,10H2,1-2H3/t18-/m1/s1. The van der Waals surface area contributed by atoms with E-state index in [4.69, 9.17) is 17.0 Å². The number of pyridine rings is 1. The molecule has 1 aromatic carbocycles. The number of benzene rings is 1. The van der Waals surface area contributed by atoms with Crippen molar-refractivity contribution in [3.63, 3.8) is 0 Å². The lowest BCUT2D eigenvalue weighted by Crippen LogP contribution is -2.51. The summed E-state index contributed by atoms with van der Waals surface area (Å²) >= 11 is 4.87. The van der Waals surface area contributed by atoms with Crippen molar-refractivity contribution in [2.75, 3.05) is 4.90 Å². The maximum atomic E-state index is 13.3. The van der Waals surface area contributed by atoms with Crippen LogP contribution in [0.1, 0.15) is 18.1 Å². The highest BCUT2D eigenvalue weighted by Crippen LogP contribution is 2.40. The number of thiocarbonyl (C=S) groups is 1. The van der Waals surface area contributed by atoms with Gasteiger partial charge in [0.15, 0.2) is 4.99 Å². The number of halogens is 6. The molecule has 182 valence electrons. The highest BCUT2D eigenvalue weighted by atomic mass is 32.2. The topological polar surface area (TPSA) is 62.7 Å². The number of esters is 1. The van der Waals surface area contributed by atoms with Crippen LogP contribution in [0.4, 0.5) is 36.8 Å². The van der Waals surface area contributed by atoms with Crippen molar-refractivity contribution in [3.05, 3.63) is 53.9 Å². The van der Waals surface area contributed by atoms with Crippen molar-refractivity contribution in [1.29, 1.82) is 0 Å². The average Bonchev–Trinajstić information content (AvgIpc) is 2.89. The van der Waals surface area contributed by atoms with E-state index < -0.39 is 34.4 Å². The monoisotopic (exact) mass is 523 g/mol. The second-order valence-corrected chi connectivity index (χ2v) is 8.75. The molecule has 1 atom stereocenters. The Bertz CT molecular complexity index is 1120. The summed E-state index contributed by atoms with van der Waals surface area (Å²) in [6, 6.07) is 5.09. The van der Waals surface area contributed by atoms with Gasteiger partial charge in [-0.1, -0.05) is 12.2 Å². The van der Waals surface area contributed by atoms with Gasteiger partial charge < -0.3 is 4.74 Å².